The highest BCUT2D eigenvalue weighted by Crippen LogP contribution is 2.31. The second-order valence-electron chi connectivity index (χ2n) is 7.08. The fourth-order valence-corrected chi connectivity index (χ4v) is 3.28. The van der Waals surface area contributed by atoms with E-state index in [0.717, 1.165) is 12.8 Å². The first-order valence-corrected chi connectivity index (χ1v) is 9.52. The first-order valence-electron chi connectivity index (χ1n) is 9.52. The van der Waals surface area contributed by atoms with E-state index in [4.69, 9.17) is 14.0 Å². The topological polar surface area (TPSA) is 98.0 Å². The number of carbonyl (C=O) groups is 2. The molecule has 3 rings (SSSR count). The Morgan fingerprint density at radius 2 is 2.00 bits per heavy atom. The van der Waals surface area contributed by atoms with Crippen LogP contribution < -0.4 is 9.47 Å². The molecule has 0 atom stereocenters. The zero-order valence-corrected chi connectivity index (χ0v) is 17.2. The van der Waals surface area contributed by atoms with E-state index in [-0.39, 0.29) is 24.5 Å². The number of methoxy groups -OCH3 is 1. The van der Waals surface area contributed by atoms with Crippen LogP contribution in [0.15, 0.2) is 22.7 Å². The number of ether oxygens (including phenoxy) is 2. The van der Waals surface area contributed by atoms with Crippen molar-refractivity contribution < 1.29 is 23.6 Å². The number of aryl methyl sites for hydroxylation is 1. The van der Waals surface area contributed by atoms with E-state index in [9.17, 15) is 9.59 Å². The van der Waals surface area contributed by atoms with E-state index in [0.29, 0.717) is 41.9 Å². The zero-order valence-electron chi connectivity index (χ0n) is 17.2. The van der Waals surface area contributed by atoms with E-state index in [1.165, 1.54) is 4.90 Å². The molecule has 1 aromatic carbocycles. The Kier molecular flexibility index (Phi) is 6.36. The van der Waals surface area contributed by atoms with E-state index >= 15 is 0 Å². The summed E-state index contributed by atoms with van der Waals surface area (Å²) in [6.07, 6.45) is 1.53. The van der Waals surface area contributed by atoms with Crippen LogP contribution in [0.4, 0.5) is 0 Å². The van der Waals surface area contributed by atoms with Gasteiger partial charge in [-0.1, -0.05) is 5.16 Å². The number of piperidine rings is 1. The van der Waals surface area contributed by atoms with Crippen molar-refractivity contribution in [1.82, 2.24) is 19.9 Å². The Morgan fingerprint density at radius 1 is 1.28 bits per heavy atom. The highest BCUT2D eigenvalue weighted by molar-refractivity contribution is 5.94. The number of likely N-dealkylation sites (tertiary alicyclic amines) is 1. The van der Waals surface area contributed by atoms with Crippen LogP contribution in [0.1, 0.15) is 41.8 Å². The van der Waals surface area contributed by atoms with Crippen LogP contribution in [0.5, 0.6) is 11.5 Å². The Morgan fingerprint density at radius 3 is 2.59 bits per heavy atom. The lowest BCUT2D eigenvalue weighted by molar-refractivity contribution is -0.130. The van der Waals surface area contributed by atoms with Gasteiger partial charge in [0, 0.05) is 52.4 Å². The fraction of sp³-hybridized carbons (Fsp3) is 0.500. The molecule has 29 heavy (non-hydrogen) atoms. The van der Waals surface area contributed by atoms with Gasteiger partial charge in [0.1, 0.15) is 6.10 Å². The van der Waals surface area contributed by atoms with Gasteiger partial charge >= 0.3 is 0 Å². The maximum absolute atomic E-state index is 12.7. The number of carbonyl (C=O) groups excluding carboxylic acids is 2. The molecule has 1 fully saturated rings. The Balaban J connectivity index is 1.65. The molecule has 9 heteroatoms. The summed E-state index contributed by atoms with van der Waals surface area (Å²) in [4.78, 5) is 31.6. The Labute approximate surface area is 169 Å². The highest BCUT2D eigenvalue weighted by atomic mass is 16.5. The summed E-state index contributed by atoms with van der Waals surface area (Å²) in [6.45, 7) is 4.88. The van der Waals surface area contributed by atoms with Gasteiger partial charge in [-0.05, 0) is 18.2 Å². The minimum atomic E-state index is -0.188. The van der Waals surface area contributed by atoms with E-state index in [2.05, 4.69) is 10.1 Å². The van der Waals surface area contributed by atoms with Crippen molar-refractivity contribution in [2.75, 3.05) is 27.2 Å². The lowest BCUT2D eigenvalue weighted by atomic mass is 10.1. The van der Waals surface area contributed by atoms with Crippen LogP contribution in [-0.2, 0) is 11.3 Å². The molecule has 2 amide bonds. The lowest BCUT2D eigenvalue weighted by Crippen LogP contribution is -2.40. The van der Waals surface area contributed by atoms with Crippen molar-refractivity contribution in [2.45, 2.75) is 39.3 Å². The molecule has 9 nitrogen and oxygen atoms in total. The molecule has 0 unspecified atom stereocenters. The number of aromatic nitrogens is 2. The summed E-state index contributed by atoms with van der Waals surface area (Å²) in [7, 11) is 3.22. The maximum atomic E-state index is 12.7. The van der Waals surface area contributed by atoms with Gasteiger partial charge in [-0.2, -0.15) is 4.98 Å². The molecular formula is C20H26N4O5. The lowest BCUT2D eigenvalue weighted by Gasteiger charge is -2.31. The van der Waals surface area contributed by atoms with E-state index < -0.39 is 0 Å². The van der Waals surface area contributed by atoms with Gasteiger partial charge in [0.05, 0.1) is 13.7 Å². The van der Waals surface area contributed by atoms with Crippen molar-refractivity contribution in [1.29, 1.82) is 0 Å². The van der Waals surface area contributed by atoms with Gasteiger partial charge < -0.3 is 23.8 Å². The molecule has 0 aliphatic carbocycles. The number of hydrogen-bond donors (Lipinski definition) is 0. The Hall–Kier alpha value is -3.10. The number of hydrogen-bond acceptors (Lipinski definition) is 7. The van der Waals surface area contributed by atoms with Crippen LogP contribution in [0.3, 0.4) is 0 Å². The Bertz CT molecular complexity index is 874. The molecule has 1 aliphatic rings. The summed E-state index contributed by atoms with van der Waals surface area (Å²) < 4.78 is 16.5. The third-order valence-electron chi connectivity index (χ3n) is 4.89. The number of rotatable bonds is 6. The number of amides is 2. The third kappa shape index (κ3) is 5.04. The van der Waals surface area contributed by atoms with Gasteiger partial charge in [0.15, 0.2) is 17.3 Å². The minimum Gasteiger partial charge on any atom is -0.493 e. The maximum Gasteiger partial charge on any atom is 0.254 e. The largest absolute Gasteiger partial charge is 0.493 e. The average molecular weight is 402 g/mol. The summed E-state index contributed by atoms with van der Waals surface area (Å²) in [5.41, 5.74) is 0.475. The smallest absolute Gasteiger partial charge is 0.254 e. The van der Waals surface area contributed by atoms with Gasteiger partial charge in [-0.15, -0.1) is 0 Å². The van der Waals surface area contributed by atoms with Crippen molar-refractivity contribution in [3.8, 4) is 11.5 Å². The third-order valence-corrected chi connectivity index (χ3v) is 4.89. The molecule has 2 aromatic rings. The SMILES string of the molecule is COc1cc(C(=O)N(C)Cc2noc(C)n2)ccc1OC1CCN(C(C)=O)CC1. The van der Waals surface area contributed by atoms with Crippen LogP contribution >= 0.6 is 0 Å². The standard InChI is InChI=1S/C20H26N4O5/c1-13-21-19(22-29-13)12-23(3)20(26)15-5-6-17(18(11-15)27-4)28-16-7-9-24(10-8-16)14(2)25/h5-6,11,16H,7-10,12H2,1-4H3. The van der Waals surface area contributed by atoms with Crippen LogP contribution in [0, 0.1) is 6.92 Å². The van der Waals surface area contributed by atoms with Crippen LogP contribution in [-0.4, -0.2) is 65.1 Å². The fourth-order valence-electron chi connectivity index (χ4n) is 3.28. The monoisotopic (exact) mass is 402 g/mol. The van der Waals surface area contributed by atoms with E-state index in [1.807, 2.05) is 4.90 Å². The molecular weight excluding hydrogens is 376 g/mol. The predicted molar refractivity (Wildman–Crippen MR) is 104 cm³/mol. The molecule has 1 aliphatic heterocycles. The molecule has 0 radical (unpaired) electrons. The quantitative estimate of drug-likeness (QED) is 0.729. The van der Waals surface area contributed by atoms with Gasteiger partial charge in [-0.25, -0.2) is 0 Å². The van der Waals surface area contributed by atoms with Crippen molar-refractivity contribution in [3.05, 3.63) is 35.5 Å². The zero-order chi connectivity index (χ0) is 21.0. The molecule has 1 saturated heterocycles. The molecule has 1 aromatic heterocycles. The summed E-state index contributed by atoms with van der Waals surface area (Å²) in [5, 5.41) is 3.81. The van der Waals surface area contributed by atoms with Gasteiger partial charge in [0.2, 0.25) is 11.8 Å². The van der Waals surface area contributed by atoms with Gasteiger partial charge in [0.25, 0.3) is 5.91 Å². The second kappa shape index (κ2) is 8.93. The first kappa shape index (κ1) is 20.6. The molecule has 0 N–H and O–H groups in total. The van der Waals surface area contributed by atoms with E-state index in [1.54, 1.807) is 46.2 Å². The van der Waals surface area contributed by atoms with Crippen molar-refractivity contribution in [3.63, 3.8) is 0 Å². The molecule has 0 bridgehead atoms. The summed E-state index contributed by atoms with van der Waals surface area (Å²) in [6, 6.07) is 5.12. The van der Waals surface area contributed by atoms with Gasteiger partial charge in [-0.3, -0.25) is 9.59 Å². The average Bonchev–Trinajstić information content (AvgIpc) is 3.12. The molecule has 0 spiro atoms. The molecule has 2 heterocycles. The number of benzene rings is 1. The predicted octanol–water partition coefficient (Wildman–Crippen LogP) is 2.05. The minimum absolute atomic E-state index is 0.00482. The first-order chi connectivity index (χ1) is 13.9. The summed E-state index contributed by atoms with van der Waals surface area (Å²) >= 11 is 0. The highest BCUT2D eigenvalue weighted by Gasteiger charge is 2.23. The number of nitrogens with zero attached hydrogens (tertiary/aromatic N) is 4. The van der Waals surface area contributed by atoms with Crippen LogP contribution in [0.25, 0.3) is 0 Å². The summed E-state index contributed by atoms with van der Waals surface area (Å²) in [5.74, 6) is 1.88. The molecule has 0 saturated carbocycles. The molecule has 156 valence electrons. The normalized spacial score (nSPS) is 14.6. The second-order valence-corrected chi connectivity index (χ2v) is 7.08. The van der Waals surface area contributed by atoms with Crippen molar-refractivity contribution in [2.24, 2.45) is 0 Å². The van der Waals surface area contributed by atoms with Crippen molar-refractivity contribution >= 4 is 11.8 Å². The van der Waals surface area contributed by atoms with Crippen LogP contribution in [0.2, 0.25) is 0 Å².